The summed E-state index contributed by atoms with van der Waals surface area (Å²) in [6.45, 7) is 1.39. The highest BCUT2D eigenvalue weighted by Crippen LogP contribution is 2.27. The molecule has 0 atom stereocenters. The molecule has 3 heterocycles. The SMILES string of the molecule is COCCCNc1cc(NC2CC2)n2ncc(/C=C3\NC(=O)NC3=O)c2n1. The first-order valence-corrected chi connectivity index (χ1v) is 8.86. The van der Waals surface area contributed by atoms with Crippen LogP contribution in [0.5, 0.6) is 0 Å². The summed E-state index contributed by atoms with van der Waals surface area (Å²) in [5.74, 6) is 1.08. The maximum Gasteiger partial charge on any atom is 0.326 e. The number of imide groups is 1. The number of hydrogen-bond acceptors (Lipinski definition) is 7. The van der Waals surface area contributed by atoms with E-state index in [2.05, 4.69) is 31.3 Å². The number of rotatable bonds is 8. The van der Waals surface area contributed by atoms with E-state index in [-0.39, 0.29) is 5.70 Å². The Morgan fingerprint density at radius 2 is 2.22 bits per heavy atom. The number of methoxy groups -OCH3 is 1. The zero-order chi connectivity index (χ0) is 18.8. The summed E-state index contributed by atoms with van der Waals surface area (Å²) in [4.78, 5) is 27.7. The molecule has 1 aliphatic carbocycles. The van der Waals surface area contributed by atoms with Gasteiger partial charge < -0.3 is 20.7 Å². The maximum atomic E-state index is 11.8. The molecule has 0 aromatic carbocycles. The van der Waals surface area contributed by atoms with E-state index in [1.54, 1.807) is 23.9 Å². The number of ether oxygens (including phenoxy) is 1. The zero-order valence-electron chi connectivity index (χ0n) is 14.9. The Morgan fingerprint density at radius 3 is 2.93 bits per heavy atom. The summed E-state index contributed by atoms with van der Waals surface area (Å²) in [5.41, 5.74) is 1.41. The summed E-state index contributed by atoms with van der Waals surface area (Å²) in [7, 11) is 1.67. The predicted molar refractivity (Wildman–Crippen MR) is 99.3 cm³/mol. The van der Waals surface area contributed by atoms with E-state index < -0.39 is 11.9 Å². The molecule has 0 radical (unpaired) electrons. The van der Waals surface area contributed by atoms with Crippen molar-refractivity contribution in [2.75, 3.05) is 30.9 Å². The van der Waals surface area contributed by atoms with Crippen molar-refractivity contribution >= 4 is 35.3 Å². The number of urea groups is 1. The molecule has 3 amide bonds. The van der Waals surface area contributed by atoms with Crippen LogP contribution in [0.15, 0.2) is 18.0 Å². The Kier molecular flexibility index (Phi) is 4.63. The quantitative estimate of drug-likeness (QED) is 0.309. The van der Waals surface area contributed by atoms with Gasteiger partial charge in [-0.1, -0.05) is 0 Å². The minimum atomic E-state index is -0.535. The smallest absolute Gasteiger partial charge is 0.326 e. The summed E-state index contributed by atoms with van der Waals surface area (Å²) in [6, 6.07) is 1.83. The van der Waals surface area contributed by atoms with Gasteiger partial charge in [-0.15, -0.1) is 0 Å². The van der Waals surface area contributed by atoms with Crippen molar-refractivity contribution < 1.29 is 14.3 Å². The Hall–Kier alpha value is -3.14. The van der Waals surface area contributed by atoms with Gasteiger partial charge in [-0.2, -0.15) is 9.61 Å². The van der Waals surface area contributed by atoms with Gasteiger partial charge >= 0.3 is 6.03 Å². The van der Waals surface area contributed by atoms with Crippen LogP contribution in [-0.2, 0) is 9.53 Å². The zero-order valence-corrected chi connectivity index (χ0v) is 14.9. The third-order valence-electron chi connectivity index (χ3n) is 4.28. The van der Waals surface area contributed by atoms with Gasteiger partial charge in [0.05, 0.1) is 6.20 Å². The van der Waals surface area contributed by atoms with Crippen LogP contribution in [0.2, 0.25) is 0 Å². The average molecular weight is 371 g/mol. The summed E-state index contributed by atoms with van der Waals surface area (Å²) in [5, 5.41) is 15.8. The fraction of sp³-hybridized carbons (Fsp3) is 0.412. The number of carbonyl (C=O) groups is 2. The van der Waals surface area contributed by atoms with Gasteiger partial charge in [0.25, 0.3) is 5.91 Å². The number of aromatic nitrogens is 3. The Balaban J connectivity index is 1.67. The van der Waals surface area contributed by atoms with Gasteiger partial charge in [-0.25, -0.2) is 9.78 Å². The van der Waals surface area contributed by atoms with Crippen molar-refractivity contribution in [1.29, 1.82) is 0 Å². The molecule has 1 saturated heterocycles. The Labute approximate surface area is 155 Å². The van der Waals surface area contributed by atoms with Crippen LogP contribution in [-0.4, -0.2) is 52.8 Å². The molecule has 0 unspecified atom stereocenters. The number of anilines is 2. The Bertz CT molecular complexity index is 917. The lowest BCUT2D eigenvalue weighted by Crippen LogP contribution is -2.22. The fourth-order valence-corrected chi connectivity index (χ4v) is 2.78. The number of hydrogen-bond donors (Lipinski definition) is 4. The molecular formula is C17H21N7O3. The molecule has 0 bridgehead atoms. The maximum absolute atomic E-state index is 11.8. The van der Waals surface area contributed by atoms with Crippen molar-refractivity contribution in [3.05, 3.63) is 23.5 Å². The van der Waals surface area contributed by atoms with Gasteiger partial charge in [0.15, 0.2) is 5.65 Å². The Morgan fingerprint density at radius 1 is 1.37 bits per heavy atom. The van der Waals surface area contributed by atoms with E-state index in [9.17, 15) is 9.59 Å². The molecule has 10 heteroatoms. The highest BCUT2D eigenvalue weighted by atomic mass is 16.5. The van der Waals surface area contributed by atoms with E-state index in [4.69, 9.17) is 4.74 Å². The summed E-state index contributed by atoms with van der Waals surface area (Å²) >= 11 is 0. The minimum absolute atomic E-state index is 0.173. The van der Waals surface area contributed by atoms with Crippen molar-refractivity contribution in [2.24, 2.45) is 0 Å². The molecule has 2 fully saturated rings. The predicted octanol–water partition coefficient (Wildman–Crippen LogP) is 0.932. The third-order valence-corrected chi connectivity index (χ3v) is 4.28. The van der Waals surface area contributed by atoms with Crippen LogP contribution in [0.1, 0.15) is 24.8 Å². The normalized spacial score (nSPS) is 18.0. The number of amides is 3. The minimum Gasteiger partial charge on any atom is -0.385 e. The second-order valence-electron chi connectivity index (χ2n) is 6.52. The first kappa shape index (κ1) is 17.3. The van der Waals surface area contributed by atoms with Crippen molar-refractivity contribution in [1.82, 2.24) is 25.2 Å². The van der Waals surface area contributed by atoms with Gasteiger partial charge in [-0.3, -0.25) is 10.1 Å². The highest BCUT2D eigenvalue weighted by molar-refractivity contribution is 6.14. The van der Waals surface area contributed by atoms with Crippen LogP contribution in [0.4, 0.5) is 16.4 Å². The van der Waals surface area contributed by atoms with E-state index in [1.807, 2.05) is 6.07 Å². The number of fused-ring (bicyclic) bond motifs is 1. The van der Waals surface area contributed by atoms with E-state index in [0.29, 0.717) is 29.7 Å². The van der Waals surface area contributed by atoms with E-state index in [0.717, 1.165) is 31.6 Å². The third kappa shape index (κ3) is 3.85. The molecular weight excluding hydrogens is 350 g/mol. The van der Waals surface area contributed by atoms with Crippen LogP contribution in [0, 0.1) is 0 Å². The first-order chi connectivity index (χ1) is 13.1. The monoisotopic (exact) mass is 371 g/mol. The highest BCUT2D eigenvalue weighted by Gasteiger charge is 2.25. The van der Waals surface area contributed by atoms with Crippen LogP contribution >= 0.6 is 0 Å². The lowest BCUT2D eigenvalue weighted by Gasteiger charge is -2.11. The molecule has 2 aliphatic rings. The molecule has 10 nitrogen and oxygen atoms in total. The lowest BCUT2D eigenvalue weighted by atomic mass is 10.2. The number of nitrogens with zero attached hydrogens (tertiary/aromatic N) is 3. The van der Waals surface area contributed by atoms with Gasteiger partial charge in [0, 0.05) is 37.9 Å². The van der Waals surface area contributed by atoms with Crippen LogP contribution in [0.25, 0.3) is 11.7 Å². The van der Waals surface area contributed by atoms with Crippen LogP contribution < -0.4 is 21.3 Å². The van der Waals surface area contributed by atoms with Gasteiger partial charge in [0.2, 0.25) is 0 Å². The largest absolute Gasteiger partial charge is 0.385 e. The topological polar surface area (TPSA) is 122 Å². The first-order valence-electron chi connectivity index (χ1n) is 8.86. The average Bonchev–Trinajstić information content (AvgIpc) is 3.28. The van der Waals surface area contributed by atoms with Crippen LogP contribution in [0.3, 0.4) is 0 Å². The molecule has 4 rings (SSSR count). The molecule has 1 aliphatic heterocycles. The van der Waals surface area contributed by atoms with Crippen molar-refractivity contribution in [2.45, 2.75) is 25.3 Å². The molecule has 4 N–H and O–H groups in total. The molecule has 142 valence electrons. The fourth-order valence-electron chi connectivity index (χ4n) is 2.78. The molecule has 27 heavy (non-hydrogen) atoms. The van der Waals surface area contributed by atoms with Crippen molar-refractivity contribution in [3.63, 3.8) is 0 Å². The standard InChI is InChI=1S/C17H21N7O3/c1-27-6-2-5-18-13-8-14(20-11-3-4-11)24-15(22-13)10(9-19-24)7-12-16(25)23-17(26)21-12/h7-9,11,20H,2-6H2,1H3,(H,18,22)(H2,21,23,25,26)/b12-7-. The summed E-state index contributed by atoms with van der Waals surface area (Å²) < 4.78 is 6.78. The van der Waals surface area contributed by atoms with Gasteiger partial charge in [0.1, 0.15) is 17.3 Å². The molecule has 1 saturated carbocycles. The second-order valence-corrected chi connectivity index (χ2v) is 6.52. The van der Waals surface area contributed by atoms with E-state index in [1.165, 1.54) is 0 Å². The number of carbonyl (C=O) groups excluding carboxylic acids is 2. The molecule has 2 aromatic heterocycles. The second kappa shape index (κ2) is 7.23. The molecule has 0 spiro atoms. The number of nitrogens with one attached hydrogen (secondary N) is 4. The molecule has 2 aromatic rings. The lowest BCUT2D eigenvalue weighted by molar-refractivity contribution is -0.115. The van der Waals surface area contributed by atoms with E-state index >= 15 is 0 Å². The summed E-state index contributed by atoms with van der Waals surface area (Å²) in [6.07, 6.45) is 6.32. The van der Waals surface area contributed by atoms with Gasteiger partial charge in [-0.05, 0) is 25.3 Å². The van der Waals surface area contributed by atoms with Crippen molar-refractivity contribution in [3.8, 4) is 0 Å².